The third-order valence-electron chi connectivity index (χ3n) is 4.22. The van der Waals surface area contributed by atoms with Crippen LogP contribution >= 0.6 is 0 Å². The fourth-order valence-corrected chi connectivity index (χ4v) is 3.08. The highest BCUT2D eigenvalue weighted by molar-refractivity contribution is 5.76. The Balaban J connectivity index is 1.81. The number of carboxylic acids is 1. The fourth-order valence-electron chi connectivity index (χ4n) is 3.08. The average Bonchev–Trinajstić information content (AvgIpc) is 2.45. The van der Waals surface area contributed by atoms with Crippen molar-refractivity contribution in [2.75, 3.05) is 19.6 Å². The topological polar surface area (TPSA) is 69.6 Å². The molecule has 3 unspecified atom stereocenters. The predicted octanol–water partition coefficient (Wildman–Crippen LogP) is 2.09. The monoisotopic (exact) mass is 280 g/mol. The van der Waals surface area contributed by atoms with Crippen LogP contribution in [0.5, 0.6) is 0 Å². The van der Waals surface area contributed by atoms with Crippen LogP contribution in [0.1, 0.15) is 32.6 Å². The fraction of sp³-hybridized carbons (Fsp3) is 0.733. The summed E-state index contributed by atoms with van der Waals surface area (Å²) in [7, 11) is 0. The second kappa shape index (κ2) is 6.77. The standard InChI is InChI=1S/C15H24N2O3/c1-11-7-13(14(18)19)10-17(9-11)15(20)16-8-12-5-3-2-4-6-12/h2-3,11-13H,4-10H2,1H3,(H,16,20)(H,18,19). The number of likely N-dealkylation sites (tertiary alicyclic amines) is 1. The Hall–Kier alpha value is -1.52. The van der Waals surface area contributed by atoms with Crippen molar-refractivity contribution in [2.45, 2.75) is 32.6 Å². The Morgan fingerprint density at radius 2 is 2.15 bits per heavy atom. The molecule has 0 aromatic carbocycles. The predicted molar refractivity (Wildman–Crippen MR) is 76.4 cm³/mol. The molecule has 2 rings (SSSR count). The number of allylic oxidation sites excluding steroid dienone is 2. The van der Waals surface area contributed by atoms with Gasteiger partial charge >= 0.3 is 12.0 Å². The van der Waals surface area contributed by atoms with Gasteiger partial charge in [0.15, 0.2) is 0 Å². The van der Waals surface area contributed by atoms with E-state index < -0.39 is 11.9 Å². The van der Waals surface area contributed by atoms with Crippen molar-refractivity contribution in [2.24, 2.45) is 17.8 Å². The van der Waals surface area contributed by atoms with Crippen molar-refractivity contribution < 1.29 is 14.7 Å². The van der Waals surface area contributed by atoms with Crippen molar-refractivity contribution in [3.05, 3.63) is 12.2 Å². The van der Waals surface area contributed by atoms with Crippen LogP contribution in [0.3, 0.4) is 0 Å². The summed E-state index contributed by atoms with van der Waals surface area (Å²) in [6, 6.07) is -0.114. The van der Waals surface area contributed by atoms with Gasteiger partial charge in [-0.05, 0) is 37.5 Å². The highest BCUT2D eigenvalue weighted by atomic mass is 16.4. The second-order valence-corrected chi connectivity index (χ2v) is 6.12. The van der Waals surface area contributed by atoms with E-state index >= 15 is 0 Å². The molecule has 0 aromatic rings. The number of piperidine rings is 1. The van der Waals surface area contributed by atoms with Gasteiger partial charge in [-0.25, -0.2) is 4.79 Å². The smallest absolute Gasteiger partial charge is 0.317 e. The average molecular weight is 280 g/mol. The molecule has 1 aliphatic heterocycles. The summed E-state index contributed by atoms with van der Waals surface area (Å²) in [5, 5.41) is 12.1. The van der Waals surface area contributed by atoms with Crippen molar-refractivity contribution >= 4 is 12.0 Å². The highest BCUT2D eigenvalue weighted by Crippen LogP contribution is 2.22. The van der Waals surface area contributed by atoms with Crippen LogP contribution in [0, 0.1) is 17.8 Å². The zero-order valence-electron chi connectivity index (χ0n) is 12.0. The molecule has 1 saturated heterocycles. The summed E-state index contributed by atoms with van der Waals surface area (Å²) in [5.41, 5.74) is 0. The number of carbonyl (C=O) groups excluding carboxylic acids is 1. The molecular formula is C15H24N2O3. The molecule has 2 N–H and O–H groups in total. The van der Waals surface area contributed by atoms with Gasteiger partial charge in [0.25, 0.3) is 0 Å². The van der Waals surface area contributed by atoms with Gasteiger partial charge in [-0.2, -0.15) is 0 Å². The van der Waals surface area contributed by atoms with Crippen LogP contribution in [0.25, 0.3) is 0 Å². The van der Waals surface area contributed by atoms with Gasteiger partial charge in [0.05, 0.1) is 5.92 Å². The molecule has 2 amide bonds. The lowest BCUT2D eigenvalue weighted by molar-refractivity contribution is -0.143. The zero-order chi connectivity index (χ0) is 14.5. The van der Waals surface area contributed by atoms with Gasteiger partial charge in [-0.1, -0.05) is 19.1 Å². The first kappa shape index (κ1) is 14.9. The van der Waals surface area contributed by atoms with E-state index in [0.717, 1.165) is 19.3 Å². The number of hydrogen-bond donors (Lipinski definition) is 2. The van der Waals surface area contributed by atoms with E-state index in [1.807, 2.05) is 6.92 Å². The molecule has 0 bridgehead atoms. The number of hydrogen-bond acceptors (Lipinski definition) is 2. The SMILES string of the molecule is CC1CC(C(=O)O)CN(C(=O)NCC2CC=CCC2)C1. The minimum Gasteiger partial charge on any atom is -0.481 e. The number of nitrogens with one attached hydrogen (secondary N) is 1. The van der Waals surface area contributed by atoms with Crippen LogP contribution < -0.4 is 5.32 Å². The minimum absolute atomic E-state index is 0.114. The lowest BCUT2D eigenvalue weighted by Crippen LogP contribution is -2.50. The number of aliphatic carboxylic acids is 1. The highest BCUT2D eigenvalue weighted by Gasteiger charge is 2.31. The Kier molecular flexibility index (Phi) is 5.04. The molecule has 5 nitrogen and oxygen atoms in total. The quantitative estimate of drug-likeness (QED) is 0.778. The van der Waals surface area contributed by atoms with E-state index in [4.69, 9.17) is 5.11 Å². The summed E-state index contributed by atoms with van der Waals surface area (Å²) in [4.78, 5) is 24.9. The van der Waals surface area contributed by atoms with Crippen molar-refractivity contribution in [3.8, 4) is 0 Å². The minimum atomic E-state index is -0.799. The maximum absolute atomic E-state index is 12.2. The molecule has 3 atom stereocenters. The molecule has 0 saturated carbocycles. The van der Waals surface area contributed by atoms with E-state index in [1.54, 1.807) is 4.90 Å². The summed E-state index contributed by atoms with van der Waals surface area (Å²) < 4.78 is 0. The first-order chi connectivity index (χ1) is 9.56. The first-order valence-corrected chi connectivity index (χ1v) is 7.47. The first-order valence-electron chi connectivity index (χ1n) is 7.47. The van der Waals surface area contributed by atoms with Crippen molar-refractivity contribution in [3.63, 3.8) is 0 Å². The van der Waals surface area contributed by atoms with Crippen molar-refractivity contribution in [1.82, 2.24) is 10.2 Å². The van der Waals surface area contributed by atoms with Crippen LogP contribution in [0.2, 0.25) is 0 Å². The van der Waals surface area contributed by atoms with Crippen LogP contribution in [0.4, 0.5) is 4.79 Å². The summed E-state index contributed by atoms with van der Waals surface area (Å²) in [6.07, 6.45) is 8.24. The van der Waals surface area contributed by atoms with E-state index in [9.17, 15) is 9.59 Å². The number of urea groups is 1. The Labute approximate surface area is 120 Å². The normalized spacial score (nSPS) is 30.1. The zero-order valence-corrected chi connectivity index (χ0v) is 12.0. The summed E-state index contributed by atoms with van der Waals surface area (Å²) in [5.74, 6) is -0.469. The molecule has 112 valence electrons. The molecule has 1 heterocycles. The van der Waals surface area contributed by atoms with Crippen LogP contribution in [0.15, 0.2) is 12.2 Å². The van der Waals surface area contributed by atoms with Crippen LogP contribution in [-0.4, -0.2) is 41.6 Å². The van der Waals surface area contributed by atoms with Gasteiger partial charge in [-0.3, -0.25) is 4.79 Å². The van der Waals surface area contributed by atoms with Crippen LogP contribution in [-0.2, 0) is 4.79 Å². The maximum Gasteiger partial charge on any atom is 0.317 e. The van der Waals surface area contributed by atoms with E-state index in [1.165, 1.54) is 0 Å². The Bertz CT molecular complexity index is 395. The second-order valence-electron chi connectivity index (χ2n) is 6.12. The third kappa shape index (κ3) is 3.99. The lowest BCUT2D eigenvalue weighted by atomic mass is 9.90. The van der Waals surface area contributed by atoms with Gasteiger partial charge in [0, 0.05) is 19.6 Å². The maximum atomic E-state index is 12.2. The van der Waals surface area contributed by atoms with Gasteiger partial charge in [-0.15, -0.1) is 0 Å². The number of nitrogens with zero attached hydrogens (tertiary/aromatic N) is 1. The molecule has 2 aliphatic rings. The number of carbonyl (C=O) groups is 2. The van der Waals surface area contributed by atoms with E-state index in [-0.39, 0.29) is 11.9 Å². The molecule has 5 heteroatoms. The summed E-state index contributed by atoms with van der Waals surface area (Å²) in [6.45, 7) is 3.67. The number of rotatable bonds is 3. The van der Waals surface area contributed by atoms with Gasteiger partial charge < -0.3 is 15.3 Å². The Morgan fingerprint density at radius 1 is 1.35 bits per heavy atom. The van der Waals surface area contributed by atoms with Gasteiger partial charge in [0.2, 0.25) is 0 Å². The largest absolute Gasteiger partial charge is 0.481 e. The number of amides is 2. The molecule has 1 fully saturated rings. The van der Waals surface area contributed by atoms with Crippen molar-refractivity contribution in [1.29, 1.82) is 0 Å². The molecule has 1 aliphatic carbocycles. The molecule has 20 heavy (non-hydrogen) atoms. The van der Waals surface area contributed by atoms with Gasteiger partial charge in [0.1, 0.15) is 0 Å². The molecule has 0 radical (unpaired) electrons. The summed E-state index contributed by atoms with van der Waals surface area (Å²) >= 11 is 0. The molecular weight excluding hydrogens is 256 g/mol. The third-order valence-corrected chi connectivity index (χ3v) is 4.22. The van der Waals surface area contributed by atoms with E-state index in [0.29, 0.717) is 32.0 Å². The Morgan fingerprint density at radius 3 is 2.80 bits per heavy atom. The molecule has 0 aromatic heterocycles. The van der Waals surface area contributed by atoms with E-state index in [2.05, 4.69) is 17.5 Å². The number of carboxylic acid groups (broad SMARTS) is 1. The molecule has 0 spiro atoms. The lowest BCUT2D eigenvalue weighted by Gasteiger charge is -2.35.